The Morgan fingerprint density at radius 2 is 2.08 bits per heavy atom. The van der Waals surface area contributed by atoms with E-state index < -0.39 is 10.4 Å². The molecule has 0 fully saturated rings. The van der Waals surface area contributed by atoms with Crippen LogP contribution in [-0.2, 0) is 35.8 Å². The summed E-state index contributed by atoms with van der Waals surface area (Å²) in [6.45, 7) is 2.02. The summed E-state index contributed by atoms with van der Waals surface area (Å²) in [5, 5.41) is 0. The van der Waals surface area contributed by atoms with E-state index in [1.54, 1.807) is 0 Å². The van der Waals surface area contributed by atoms with E-state index in [1.165, 1.54) is 0 Å². The fourth-order valence-electron chi connectivity index (χ4n) is 0.417. The van der Waals surface area contributed by atoms with Gasteiger partial charge in [-0.25, -0.2) is 4.18 Å². The van der Waals surface area contributed by atoms with Gasteiger partial charge in [-0.1, -0.05) is 26.0 Å². The second-order valence-corrected chi connectivity index (χ2v) is 4.23. The molecule has 8 heteroatoms. The van der Waals surface area contributed by atoms with Crippen molar-refractivity contribution in [2.75, 3.05) is 6.61 Å². The summed E-state index contributed by atoms with van der Waals surface area (Å²) in [5.41, 5.74) is 0. The minimum Gasteiger partial charge on any atom is -0.343 e. The molecule has 0 saturated carbocycles. The molecule has 0 aromatic carbocycles. The molecule has 83 valence electrons. The SMILES string of the molecule is CCCCOS(=O)(=O)OC(=S)S.[Cu]. The standard InChI is InChI=1S/C5H10O4S3.Cu/c1-2-3-4-8-12(6,7)9-5(10)11;/h2-4H2,1H3,(H,10,11);. The third-order valence-electron chi connectivity index (χ3n) is 0.899. The van der Waals surface area contributed by atoms with Gasteiger partial charge in [-0.2, -0.15) is 8.42 Å². The first kappa shape index (κ1) is 16.1. The summed E-state index contributed by atoms with van der Waals surface area (Å²) < 4.78 is 29.6. The Kier molecular flexibility index (Phi) is 9.94. The molecule has 0 N–H and O–H groups in total. The van der Waals surface area contributed by atoms with E-state index in [0.717, 1.165) is 6.42 Å². The molecule has 0 aliphatic carbocycles. The zero-order chi connectivity index (χ0) is 9.61. The Hall–Kier alpha value is 0.669. The smallest absolute Gasteiger partial charge is 0.343 e. The van der Waals surface area contributed by atoms with Gasteiger partial charge in [0, 0.05) is 17.1 Å². The molecule has 0 saturated heterocycles. The number of thiol groups is 1. The molecule has 0 aromatic heterocycles. The molecular formula is C5H10CuO4S3. The number of unbranched alkanes of at least 4 members (excludes halogenated alkanes) is 1. The van der Waals surface area contributed by atoms with Crippen molar-refractivity contribution in [1.29, 1.82) is 0 Å². The quantitative estimate of drug-likeness (QED) is 0.358. The van der Waals surface area contributed by atoms with E-state index in [-0.39, 0.29) is 28.1 Å². The Balaban J connectivity index is 0. The Morgan fingerprint density at radius 1 is 1.54 bits per heavy atom. The number of hydrogen-bond acceptors (Lipinski definition) is 5. The summed E-state index contributed by atoms with van der Waals surface area (Å²) in [4.78, 5) is 0. The van der Waals surface area contributed by atoms with Gasteiger partial charge in [0.05, 0.1) is 6.61 Å². The molecule has 0 aliphatic heterocycles. The van der Waals surface area contributed by atoms with Crippen LogP contribution in [0.2, 0.25) is 0 Å². The van der Waals surface area contributed by atoms with Gasteiger partial charge < -0.3 is 4.18 Å². The van der Waals surface area contributed by atoms with Crippen molar-refractivity contribution in [2.24, 2.45) is 0 Å². The van der Waals surface area contributed by atoms with Crippen molar-refractivity contribution >= 4 is 39.6 Å². The van der Waals surface area contributed by atoms with Crippen LogP contribution in [0.25, 0.3) is 0 Å². The minimum absolute atomic E-state index is 0. The predicted molar refractivity (Wildman–Crippen MR) is 52.4 cm³/mol. The fourth-order valence-corrected chi connectivity index (χ4v) is 1.49. The van der Waals surface area contributed by atoms with Gasteiger partial charge in [0.2, 0.25) is 4.38 Å². The van der Waals surface area contributed by atoms with Gasteiger partial charge in [0.1, 0.15) is 0 Å². The number of rotatable bonds is 5. The Bertz CT molecular complexity index is 238. The van der Waals surface area contributed by atoms with Crippen molar-refractivity contribution in [1.82, 2.24) is 0 Å². The molecule has 13 heavy (non-hydrogen) atoms. The molecular weight excluding hydrogens is 284 g/mol. The molecule has 0 amide bonds. The van der Waals surface area contributed by atoms with E-state index in [4.69, 9.17) is 0 Å². The van der Waals surface area contributed by atoms with Crippen molar-refractivity contribution in [3.63, 3.8) is 0 Å². The van der Waals surface area contributed by atoms with Crippen LogP contribution in [0.3, 0.4) is 0 Å². The van der Waals surface area contributed by atoms with E-state index in [0.29, 0.717) is 6.42 Å². The van der Waals surface area contributed by atoms with Crippen molar-refractivity contribution in [2.45, 2.75) is 19.8 Å². The number of thiocarbonyl (C=S) groups is 1. The average molecular weight is 294 g/mol. The van der Waals surface area contributed by atoms with Crippen LogP contribution < -0.4 is 0 Å². The molecule has 0 heterocycles. The van der Waals surface area contributed by atoms with Gasteiger partial charge >= 0.3 is 10.4 Å². The first-order chi connectivity index (χ1) is 5.48. The monoisotopic (exact) mass is 293 g/mol. The maximum Gasteiger partial charge on any atom is 0.450 e. The van der Waals surface area contributed by atoms with Crippen LogP contribution in [0, 0.1) is 0 Å². The van der Waals surface area contributed by atoms with Gasteiger partial charge in [-0.05, 0) is 18.6 Å². The predicted octanol–water partition coefficient (Wildman–Crippen LogP) is 1.28. The summed E-state index contributed by atoms with van der Waals surface area (Å²) >= 11 is 7.79. The molecule has 0 aliphatic rings. The second kappa shape index (κ2) is 8.02. The van der Waals surface area contributed by atoms with Gasteiger partial charge in [0.25, 0.3) is 0 Å². The van der Waals surface area contributed by atoms with Crippen LogP contribution in [-0.4, -0.2) is 19.4 Å². The van der Waals surface area contributed by atoms with Crippen LogP contribution >= 0.6 is 24.8 Å². The zero-order valence-electron chi connectivity index (χ0n) is 6.82. The summed E-state index contributed by atoms with van der Waals surface area (Å²) in [6, 6.07) is 0. The molecule has 4 nitrogen and oxygen atoms in total. The van der Waals surface area contributed by atoms with Gasteiger partial charge in [-0.3, -0.25) is 0 Å². The van der Waals surface area contributed by atoms with Crippen LogP contribution in [0.5, 0.6) is 0 Å². The third kappa shape index (κ3) is 10.6. The number of hydrogen-bond donors (Lipinski definition) is 1. The molecule has 0 atom stereocenters. The first-order valence-corrected chi connectivity index (χ1v) is 5.48. The summed E-state index contributed by atoms with van der Waals surface area (Å²) in [7, 11) is -3.97. The Labute approximate surface area is 99.6 Å². The maximum atomic E-state index is 10.7. The van der Waals surface area contributed by atoms with E-state index >= 15 is 0 Å². The molecule has 0 bridgehead atoms. The molecule has 0 spiro atoms. The van der Waals surface area contributed by atoms with Crippen molar-refractivity contribution in [3.05, 3.63) is 0 Å². The molecule has 0 unspecified atom stereocenters. The Morgan fingerprint density at radius 3 is 2.46 bits per heavy atom. The molecule has 0 aromatic rings. The van der Waals surface area contributed by atoms with Crippen molar-refractivity contribution < 1.29 is 33.9 Å². The maximum absolute atomic E-state index is 10.7. The molecule has 0 rings (SSSR count). The summed E-state index contributed by atoms with van der Waals surface area (Å²) in [6.07, 6.45) is 1.50. The third-order valence-corrected chi connectivity index (χ3v) is 2.13. The van der Waals surface area contributed by atoms with Crippen LogP contribution in [0.4, 0.5) is 0 Å². The topological polar surface area (TPSA) is 52.6 Å². The van der Waals surface area contributed by atoms with E-state index in [2.05, 4.69) is 33.2 Å². The zero-order valence-corrected chi connectivity index (χ0v) is 10.3. The van der Waals surface area contributed by atoms with Crippen LogP contribution in [0.15, 0.2) is 0 Å². The van der Waals surface area contributed by atoms with E-state index in [9.17, 15) is 8.42 Å². The summed E-state index contributed by atoms with van der Waals surface area (Å²) in [5.74, 6) is 0. The fraction of sp³-hybridized carbons (Fsp3) is 0.800. The normalized spacial score (nSPS) is 10.3. The van der Waals surface area contributed by atoms with E-state index in [1.807, 2.05) is 6.92 Å². The van der Waals surface area contributed by atoms with Crippen LogP contribution in [0.1, 0.15) is 19.8 Å². The minimum atomic E-state index is -3.97. The second-order valence-electron chi connectivity index (χ2n) is 1.93. The van der Waals surface area contributed by atoms with Gasteiger partial charge in [0.15, 0.2) is 0 Å². The first-order valence-electron chi connectivity index (χ1n) is 3.29. The van der Waals surface area contributed by atoms with Gasteiger partial charge in [-0.15, -0.1) is 0 Å². The van der Waals surface area contributed by atoms with Crippen molar-refractivity contribution in [3.8, 4) is 0 Å². The largest absolute Gasteiger partial charge is 0.450 e. The average Bonchev–Trinajstić information content (AvgIpc) is 1.84. The molecule has 1 radical (unpaired) electrons.